The number of nitrogens with two attached hydrogens (primary N) is 1. The van der Waals surface area contributed by atoms with Crippen LogP contribution in [0.3, 0.4) is 0 Å². The highest BCUT2D eigenvalue weighted by atomic mass is 32.1. The molecule has 23 heavy (non-hydrogen) atoms. The molecule has 0 aliphatic rings. The van der Waals surface area contributed by atoms with Crippen LogP contribution in [0.5, 0.6) is 5.75 Å². The number of aromatic nitrogens is 1. The summed E-state index contributed by atoms with van der Waals surface area (Å²) in [6, 6.07) is 11.0. The molecule has 0 saturated carbocycles. The Balaban J connectivity index is 1.97. The number of fused-ring (bicyclic) bond motifs is 1. The van der Waals surface area contributed by atoms with Crippen LogP contribution < -0.4 is 21.3 Å². The Kier molecular flexibility index (Phi) is 4.14. The van der Waals surface area contributed by atoms with Crippen molar-refractivity contribution in [1.82, 2.24) is 4.98 Å². The normalized spacial score (nSPS) is 10.6. The molecule has 6 nitrogen and oxygen atoms in total. The summed E-state index contributed by atoms with van der Waals surface area (Å²) in [6.45, 7) is 1.90. The maximum atomic E-state index is 12.4. The fourth-order valence-electron chi connectivity index (χ4n) is 2.31. The number of benzene rings is 2. The molecular formula is C16H16N4O2S. The van der Waals surface area contributed by atoms with Crippen LogP contribution in [-0.4, -0.2) is 18.0 Å². The van der Waals surface area contributed by atoms with Crippen LogP contribution in [0.15, 0.2) is 36.4 Å². The Hall–Kier alpha value is -2.64. The maximum Gasteiger partial charge on any atom is 0.255 e. The Morgan fingerprint density at radius 3 is 2.78 bits per heavy atom. The van der Waals surface area contributed by atoms with Crippen LogP contribution in [0, 0.1) is 6.92 Å². The molecule has 0 aliphatic heterocycles. The minimum Gasteiger partial charge on any atom is -0.494 e. The second-order valence-corrected chi connectivity index (χ2v) is 5.99. The third-order valence-corrected chi connectivity index (χ3v) is 4.38. The standard InChI is InChI=1S/C16H16N4O2S/c1-9-5-3-4-6-11(9)15(21)18-10-7-12(22-2)14-13(8-10)23-16(19-14)20-17/h3-8H,17H2,1-2H3,(H,18,21)(H,19,20). The summed E-state index contributed by atoms with van der Waals surface area (Å²) < 4.78 is 6.23. The molecule has 3 rings (SSSR count). The van der Waals surface area contributed by atoms with Gasteiger partial charge >= 0.3 is 0 Å². The zero-order valence-corrected chi connectivity index (χ0v) is 13.5. The Bertz CT molecular complexity index is 876. The average molecular weight is 328 g/mol. The quantitative estimate of drug-likeness (QED) is 0.506. The average Bonchev–Trinajstić information content (AvgIpc) is 2.97. The van der Waals surface area contributed by atoms with Crippen molar-refractivity contribution in [3.8, 4) is 5.75 Å². The highest BCUT2D eigenvalue weighted by molar-refractivity contribution is 7.22. The van der Waals surface area contributed by atoms with Gasteiger partial charge in [0.25, 0.3) is 5.91 Å². The number of hydrazine groups is 1. The molecule has 7 heteroatoms. The minimum atomic E-state index is -0.161. The van der Waals surface area contributed by atoms with Crippen molar-refractivity contribution in [2.45, 2.75) is 6.92 Å². The maximum absolute atomic E-state index is 12.4. The van der Waals surface area contributed by atoms with Gasteiger partial charge in [0.2, 0.25) is 0 Å². The molecule has 1 aromatic heterocycles. The van der Waals surface area contributed by atoms with E-state index in [0.717, 1.165) is 10.3 Å². The molecule has 1 heterocycles. The van der Waals surface area contributed by atoms with Crippen molar-refractivity contribution in [2.75, 3.05) is 17.9 Å². The summed E-state index contributed by atoms with van der Waals surface area (Å²) in [5.41, 5.74) is 5.44. The molecule has 1 amide bonds. The van der Waals surface area contributed by atoms with Gasteiger partial charge in [0.1, 0.15) is 11.3 Å². The van der Waals surface area contributed by atoms with Crippen LogP contribution in [0.1, 0.15) is 15.9 Å². The van der Waals surface area contributed by atoms with Gasteiger partial charge in [-0.25, -0.2) is 10.8 Å². The third-order valence-electron chi connectivity index (χ3n) is 3.45. The topological polar surface area (TPSA) is 89.3 Å². The van der Waals surface area contributed by atoms with Gasteiger partial charge in [0, 0.05) is 17.3 Å². The number of carbonyl (C=O) groups excluding carboxylic acids is 1. The van der Waals surface area contributed by atoms with Crippen LogP contribution in [0.4, 0.5) is 10.8 Å². The summed E-state index contributed by atoms with van der Waals surface area (Å²) in [5, 5.41) is 3.49. The van der Waals surface area contributed by atoms with Crippen molar-refractivity contribution in [3.63, 3.8) is 0 Å². The predicted molar refractivity (Wildman–Crippen MR) is 93.1 cm³/mol. The minimum absolute atomic E-state index is 0.161. The third kappa shape index (κ3) is 2.96. The predicted octanol–water partition coefficient (Wildman–Crippen LogP) is 3.15. The number of hydrogen-bond acceptors (Lipinski definition) is 6. The summed E-state index contributed by atoms with van der Waals surface area (Å²) in [7, 11) is 1.57. The number of amides is 1. The number of methoxy groups -OCH3 is 1. The van der Waals surface area contributed by atoms with E-state index >= 15 is 0 Å². The van der Waals surface area contributed by atoms with E-state index in [9.17, 15) is 4.79 Å². The number of hydrogen-bond donors (Lipinski definition) is 3. The van der Waals surface area contributed by atoms with Gasteiger partial charge in [0.15, 0.2) is 5.13 Å². The lowest BCUT2D eigenvalue weighted by Crippen LogP contribution is -2.13. The largest absolute Gasteiger partial charge is 0.494 e. The molecule has 0 spiro atoms. The SMILES string of the molecule is COc1cc(NC(=O)c2ccccc2C)cc2sc(NN)nc12. The molecule has 0 bridgehead atoms. The smallest absolute Gasteiger partial charge is 0.255 e. The summed E-state index contributed by atoms with van der Waals surface area (Å²) >= 11 is 1.39. The van der Waals surface area contributed by atoms with E-state index in [1.54, 1.807) is 19.2 Å². The van der Waals surface area contributed by atoms with Crippen LogP contribution in [0.25, 0.3) is 10.2 Å². The monoisotopic (exact) mass is 328 g/mol. The molecular weight excluding hydrogens is 312 g/mol. The highest BCUT2D eigenvalue weighted by Gasteiger charge is 2.13. The zero-order valence-electron chi connectivity index (χ0n) is 12.7. The number of ether oxygens (including phenoxy) is 1. The van der Waals surface area contributed by atoms with Crippen molar-refractivity contribution in [1.29, 1.82) is 0 Å². The van der Waals surface area contributed by atoms with E-state index in [2.05, 4.69) is 15.7 Å². The van der Waals surface area contributed by atoms with Crippen LogP contribution in [-0.2, 0) is 0 Å². The van der Waals surface area contributed by atoms with Crippen molar-refractivity contribution >= 4 is 38.3 Å². The number of carbonyl (C=O) groups is 1. The van der Waals surface area contributed by atoms with E-state index < -0.39 is 0 Å². The second-order valence-electron chi connectivity index (χ2n) is 4.96. The van der Waals surface area contributed by atoms with Gasteiger partial charge in [-0.15, -0.1) is 0 Å². The Morgan fingerprint density at radius 1 is 1.30 bits per heavy atom. The van der Waals surface area contributed by atoms with Gasteiger partial charge in [-0.05, 0) is 24.6 Å². The molecule has 3 aromatic rings. The van der Waals surface area contributed by atoms with E-state index in [0.29, 0.717) is 27.6 Å². The first-order valence-electron chi connectivity index (χ1n) is 6.94. The number of aryl methyl sites for hydroxylation is 1. The number of rotatable bonds is 4. The summed E-state index contributed by atoms with van der Waals surface area (Å²) in [6.07, 6.45) is 0. The molecule has 0 fully saturated rings. The van der Waals surface area contributed by atoms with E-state index in [4.69, 9.17) is 10.6 Å². The fourth-order valence-corrected chi connectivity index (χ4v) is 3.15. The second kappa shape index (κ2) is 6.23. The molecule has 0 atom stereocenters. The lowest BCUT2D eigenvalue weighted by molar-refractivity contribution is 0.102. The van der Waals surface area contributed by atoms with Crippen LogP contribution >= 0.6 is 11.3 Å². The summed E-state index contributed by atoms with van der Waals surface area (Å²) in [4.78, 5) is 16.8. The number of nitrogens with one attached hydrogen (secondary N) is 2. The van der Waals surface area contributed by atoms with Gasteiger partial charge in [0.05, 0.1) is 11.8 Å². The molecule has 0 radical (unpaired) electrons. The van der Waals surface area contributed by atoms with Crippen molar-refractivity contribution in [3.05, 3.63) is 47.5 Å². The molecule has 4 N–H and O–H groups in total. The first-order chi connectivity index (χ1) is 11.1. The van der Waals surface area contributed by atoms with E-state index in [1.807, 2.05) is 31.2 Å². The lowest BCUT2D eigenvalue weighted by atomic mass is 10.1. The molecule has 0 unspecified atom stereocenters. The van der Waals surface area contributed by atoms with Crippen molar-refractivity contribution in [2.24, 2.45) is 5.84 Å². The first kappa shape index (κ1) is 15.3. The van der Waals surface area contributed by atoms with Gasteiger partial charge in [-0.1, -0.05) is 29.5 Å². The fraction of sp³-hybridized carbons (Fsp3) is 0.125. The van der Waals surface area contributed by atoms with Gasteiger partial charge in [-0.2, -0.15) is 0 Å². The number of nitrogen functional groups attached to an aromatic ring is 1. The molecule has 118 valence electrons. The Labute approximate surface area is 137 Å². The number of anilines is 2. The van der Waals surface area contributed by atoms with Crippen LogP contribution in [0.2, 0.25) is 0 Å². The highest BCUT2D eigenvalue weighted by Crippen LogP contribution is 2.35. The molecule has 2 aromatic carbocycles. The summed E-state index contributed by atoms with van der Waals surface area (Å²) in [5.74, 6) is 5.83. The molecule has 0 saturated heterocycles. The first-order valence-corrected chi connectivity index (χ1v) is 7.76. The number of nitrogens with zero attached hydrogens (tertiary/aromatic N) is 1. The van der Waals surface area contributed by atoms with E-state index in [-0.39, 0.29) is 5.91 Å². The van der Waals surface area contributed by atoms with E-state index in [1.165, 1.54) is 11.3 Å². The zero-order chi connectivity index (χ0) is 16.4. The number of thiazole rings is 1. The van der Waals surface area contributed by atoms with Gasteiger partial charge in [-0.3, -0.25) is 10.2 Å². The van der Waals surface area contributed by atoms with Crippen molar-refractivity contribution < 1.29 is 9.53 Å². The molecule has 0 aliphatic carbocycles. The lowest BCUT2D eigenvalue weighted by Gasteiger charge is -2.09. The Morgan fingerprint density at radius 2 is 2.09 bits per heavy atom. The van der Waals surface area contributed by atoms with Gasteiger partial charge < -0.3 is 10.1 Å².